The van der Waals surface area contributed by atoms with Gasteiger partial charge in [-0.1, -0.05) is 49.1 Å². The molecule has 0 atom stereocenters. The van der Waals surface area contributed by atoms with Crippen LogP contribution < -0.4 is 10.1 Å². The molecule has 0 heterocycles. The second-order valence-corrected chi connectivity index (χ2v) is 7.33. The van der Waals surface area contributed by atoms with Gasteiger partial charge in [-0.2, -0.15) is 0 Å². The summed E-state index contributed by atoms with van der Waals surface area (Å²) >= 11 is 5.94. The van der Waals surface area contributed by atoms with Gasteiger partial charge in [0, 0.05) is 5.02 Å². The molecule has 1 fully saturated rings. The van der Waals surface area contributed by atoms with Gasteiger partial charge in [0.25, 0.3) is 5.91 Å². The summed E-state index contributed by atoms with van der Waals surface area (Å²) in [6.45, 7) is -0.146. The normalized spacial score (nSPS) is 14.4. The minimum absolute atomic E-state index is 0.146. The fourth-order valence-electron chi connectivity index (χ4n) is 3.60. The van der Waals surface area contributed by atoms with E-state index in [1.54, 1.807) is 12.1 Å². The van der Waals surface area contributed by atoms with Crippen LogP contribution in [-0.2, 0) is 9.53 Å². The van der Waals surface area contributed by atoms with Crippen molar-refractivity contribution in [3.05, 3.63) is 58.6 Å². The van der Waals surface area contributed by atoms with Gasteiger partial charge in [0.15, 0.2) is 6.61 Å². The number of ether oxygens (including phenoxy) is 2. The topological polar surface area (TPSA) is 64.6 Å². The van der Waals surface area contributed by atoms with Crippen LogP contribution in [0.1, 0.15) is 53.9 Å². The molecule has 1 saturated carbocycles. The van der Waals surface area contributed by atoms with E-state index in [1.807, 2.05) is 18.2 Å². The molecule has 0 radical (unpaired) electrons. The quantitative estimate of drug-likeness (QED) is 0.676. The summed E-state index contributed by atoms with van der Waals surface area (Å²) in [5.41, 5.74) is 1.70. The summed E-state index contributed by atoms with van der Waals surface area (Å²) in [4.78, 5) is 24.3. The highest BCUT2D eigenvalue weighted by Crippen LogP contribution is 2.37. The Morgan fingerprint density at radius 2 is 1.86 bits per heavy atom. The van der Waals surface area contributed by atoms with Gasteiger partial charge >= 0.3 is 5.97 Å². The lowest BCUT2D eigenvalue weighted by Gasteiger charge is -2.24. The van der Waals surface area contributed by atoms with Crippen molar-refractivity contribution in [1.29, 1.82) is 0 Å². The minimum Gasteiger partial charge on any atom is -0.483 e. The fourth-order valence-corrected chi connectivity index (χ4v) is 3.77. The van der Waals surface area contributed by atoms with Crippen molar-refractivity contribution in [3.63, 3.8) is 0 Å². The molecule has 0 aliphatic heterocycles. The van der Waals surface area contributed by atoms with E-state index in [9.17, 15) is 9.59 Å². The molecule has 5 nitrogen and oxygen atoms in total. The van der Waals surface area contributed by atoms with E-state index in [2.05, 4.69) is 11.4 Å². The van der Waals surface area contributed by atoms with Crippen LogP contribution >= 0.6 is 11.6 Å². The Morgan fingerprint density at radius 3 is 2.61 bits per heavy atom. The van der Waals surface area contributed by atoms with E-state index < -0.39 is 5.97 Å². The summed E-state index contributed by atoms with van der Waals surface area (Å²) in [5, 5.41) is 3.08. The van der Waals surface area contributed by atoms with Crippen LogP contribution in [0.3, 0.4) is 0 Å². The van der Waals surface area contributed by atoms with E-state index >= 15 is 0 Å². The zero-order chi connectivity index (χ0) is 19.9. The lowest BCUT2D eigenvalue weighted by Crippen LogP contribution is -2.22. The number of carbonyl (C=O) groups is 2. The predicted octanol–water partition coefficient (Wildman–Crippen LogP) is 5.19. The number of esters is 1. The van der Waals surface area contributed by atoms with Crippen molar-refractivity contribution in [1.82, 2.24) is 0 Å². The van der Waals surface area contributed by atoms with Crippen LogP contribution in [0.5, 0.6) is 5.75 Å². The smallest absolute Gasteiger partial charge is 0.340 e. The summed E-state index contributed by atoms with van der Waals surface area (Å²) < 4.78 is 10.6. The maximum absolute atomic E-state index is 12.4. The van der Waals surface area contributed by atoms with Crippen molar-refractivity contribution in [2.45, 2.75) is 38.0 Å². The fraction of sp³-hybridized carbons (Fsp3) is 0.364. The number of anilines is 1. The first-order valence-corrected chi connectivity index (χ1v) is 9.85. The number of nitrogens with one attached hydrogen (secondary N) is 1. The first-order valence-electron chi connectivity index (χ1n) is 9.48. The lowest BCUT2D eigenvalue weighted by atomic mass is 9.84. The lowest BCUT2D eigenvalue weighted by molar-refractivity contribution is -0.118. The standard InChI is InChI=1S/C22H24ClNO4/c1-27-22(26)18-13-16(23)11-12-19(18)24-21(25)14-28-20-10-6-5-9-17(20)15-7-3-2-4-8-15/h5-6,9-13,15H,2-4,7-8,14H2,1H3,(H,24,25). The molecule has 0 aromatic heterocycles. The number of hydrogen-bond donors (Lipinski definition) is 1. The first-order chi connectivity index (χ1) is 13.6. The molecule has 1 amide bonds. The Kier molecular flexibility index (Phi) is 6.93. The average molecular weight is 402 g/mol. The van der Waals surface area contributed by atoms with Gasteiger partial charge in [-0.05, 0) is 48.6 Å². The van der Waals surface area contributed by atoms with Crippen LogP contribution in [0.25, 0.3) is 0 Å². The zero-order valence-electron chi connectivity index (χ0n) is 15.9. The Bertz CT molecular complexity index is 846. The van der Waals surface area contributed by atoms with Gasteiger partial charge in [-0.25, -0.2) is 4.79 Å². The third-order valence-electron chi connectivity index (χ3n) is 4.98. The second-order valence-electron chi connectivity index (χ2n) is 6.89. The number of amides is 1. The molecule has 2 aromatic rings. The third-order valence-corrected chi connectivity index (χ3v) is 5.22. The average Bonchev–Trinajstić information content (AvgIpc) is 2.73. The van der Waals surface area contributed by atoms with Gasteiger partial charge in [0.1, 0.15) is 5.75 Å². The van der Waals surface area contributed by atoms with E-state index in [0.29, 0.717) is 16.6 Å². The van der Waals surface area contributed by atoms with Gasteiger partial charge in [-0.15, -0.1) is 0 Å². The van der Waals surface area contributed by atoms with E-state index in [0.717, 1.165) is 24.2 Å². The molecular formula is C22H24ClNO4. The second kappa shape index (κ2) is 9.60. The maximum Gasteiger partial charge on any atom is 0.340 e. The number of hydrogen-bond acceptors (Lipinski definition) is 4. The first kappa shape index (κ1) is 20.2. The molecule has 148 valence electrons. The zero-order valence-corrected chi connectivity index (χ0v) is 16.6. The maximum atomic E-state index is 12.4. The number of halogens is 1. The summed E-state index contributed by atoms with van der Waals surface area (Å²) in [5.74, 6) is 0.302. The van der Waals surface area contributed by atoms with Crippen molar-refractivity contribution in [3.8, 4) is 5.75 Å². The monoisotopic (exact) mass is 401 g/mol. The summed E-state index contributed by atoms with van der Waals surface area (Å²) in [6.07, 6.45) is 6.05. The van der Waals surface area contributed by atoms with Crippen LogP contribution in [0.4, 0.5) is 5.69 Å². The molecule has 2 aromatic carbocycles. The number of para-hydroxylation sites is 1. The number of carbonyl (C=O) groups excluding carboxylic acids is 2. The molecular weight excluding hydrogens is 378 g/mol. The predicted molar refractivity (Wildman–Crippen MR) is 109 cm³/mol. The molecule has 0 spiro atoms. The van der Waals surface area contributed by atoms with Crippen LogP contribution in [0, 0.1) is 0 Å². The molecule has 28 heavy (non-hydrogen) atoms. The van der Waals surface area contributed by atoms with Crippen molar-refractivity contribution in [2.24, 2.45) is 0 Å². The molecule has 1 aliphatic carbocycles. The third kappa shape index (κ3) is 5.04. The SMILES string of the molecule is COC(=O)c1cc(Cl)ccc1NC(=O)COc1ccccc1C1CCCCC1. The van der Waals surface area contributed by atoms with Crippen LogP contribution in [0.2, 0.25) is 5.02 Å². The molecule has 0 bridgehead atoms. The Hall–Kier alpha value is -2.53. The Labute approximate surface area is 170 Å². The molecule has 0 saturated heterocycles. The molecule has 1 aliphatic rings. The van der Waals surface area contributed by atoms with Crippen LogP contribution in [0.15, 0.2) is 42.5 Å². The van der Waals surface area contributed by atoms with E-state index in [-0.39, 0.29) is 18.1 Å². The molecule has 1 N–H and O–H groups in total. The van der Waals surface area contributed by atoms with Crippen molar-refractivity contribution < 1.29 is 19.1 Å². The highest BCUT2D eigenvalue weighted by atomic mass is 35.5. The van der Waals surface area contributed by atoms with Gasteiger partial charge < -0.3 is 14.8 Å². The molecule has 6 heteroatoms. The van der Waals surface area contributed by atoms with Crippen molar-refractivity contribution >= 4 is 29.2 Å². The van der Waals surface area contributed by atoms with E-state index in [4.69, 9.17) is 21.1 Å². The Balaban J connectivity index is 1.67. The van der Waals surface area contributed by atoms with Crippen LogP contribution in [-0.4, -0.2) is 25.6 Å². The Morgan fingerprint density at radius 1 is 1.11 bits per heavy atom. The summed E-state index contributed by atoms with van der Waals surface area (Å²) in [7, 11) is 1.28. The van der Waals surface area contributed by atoms with Crippen molar-refractivity contribution in [2.75, 3.05) is 19.0 Å². The molecule has 0 unspecified atom stereocenters. The van der Waals surface area contributed by atoms with Gasteiger partial charge in [0.2, 0.25) is 0 Å². The van der Waals surface area contributed by atoms with E-state index in [1.165, 1.54) is 32.4 Å². The molecule has 3 rings (SSSR count). The highest BCUT2D eigenvalue weighted by Gasteiger charge is 2.20. The number of benzene rings is 2. The van der Waals surface area contributed by atoms with Gasteiger partial charge in [-0.3, -0.25) is 4.79 Å². The van der Waals surface area contributed by atoms with Gasteiger partial charge in [0.05, 0.1) is 18.4 Å². The number of methoxy groups -OCH3 is 1. The summed E-state index contributed by atoms with van der Waals surface area (Å²) in [6, 6.07) is 12.5. The largest absolute Gasteiger partial charge is 0.483 e. The number of rotatable bonds is 6. The minimum atomic E-state index is -0.568. The highest BCUT2D eigenvalue weighted by molar-refractivity contribution is 6.31.